The topological polar surface area (TPSA) is 40.9 Å². The first-order chi connectivity index (χ1) is 9.29. The molecule has 0 N–H and O–H groups in total. The van der Waals surface area contributed by atoms with Crippen molar-refractivity contribution in [2.75, 3.05) is 0 Å². The smallest absolute Gasteiger partial charge is 0.158 e. The van der Waals surface area contributed by atoms with Crippen LogP contribution in [0.4, 0.5) is 4.39 Å². The molecule has 1 saturated carbocycles. The van der Waals surface area contributed by atoms with Gasteiger partial charge in [0, 0.05) is 9.89 Å². The molecule has 106 valence electrons. The highest BCUT2D eigenvalue weighted by atomic mass is 79.9. The molecule has 0 spiro atoms. The minimum atomic E-state index is -1.02. The van der Waals surface area contributed by atoms with Gasteiger partial charge in [0.2, 0.25) is 0 Å². The van der Waals surface area contributed by atoms with Gasteiger partial charge in [-0.05, 0) is 43.0 Å². The lowest BCUT2D eigenvalue weighted by atomic mass is 9.61. The molecule has 2 rings (SSSR count). The van der Waals surface area contributed by atoms with Crippen LogP contribution in [0.15, 0.2) is 22.7 Å². The third kappa shape index (κ3) is 2.78. The summed E-state index contributed by atoms with van der Waals surface area (Å²) in [5.74, 6) is -0.371. The van der Waals surface area contributed by atoms with E-state index < -0.39 is 10.8 Å². The summed E-state index contributed by atoms with van der Waals surface area (Å²) in [6.07, 6.45) is 2.49. The molecule has 0 amide bonds. The van der Waals surface area contributed by atoms with E-state index in [-0.39, 0.29) is 18.0 Å². The van der Waals surface area contributed by atoms with Crippen LogP contribution in [0.2, 0.25) is 0 Å². The fourth-order valence-corrected chi connectivity index (χ4v) is 3.60. The molecule has 1 fully saturated rings. The molecule has 0 saturated heterocycles. The predicted octanol–water partition coefficient (Wildman–Crippen LogP) is 4.42. The fraction of sp³-hybridized carbons (Fsp3) is 0.500. The van der Waals surface area contributed by atoms with E-state index in [0.29, 0.717) is 16.5 Å². The van der Waals surface area contributed by atoms with Crippen molar-refractivity contribution in [3.63, 3.8) is 0 Å². The molecule has 1 aromatic rings. The van der Waals surface area contributed by atoms with Gasteiger partial charge in [-0.3, -0.25) is 4.79 Å². The van der Waals surface area contributed by atoms with Gasteiger partial charge in [0.1, 0.15) is 11.2 Å². The number of ketones is 1. The SMILES string of the molecule is CC1(C)CCCC(C#N)(Cc2cc(F)cc(Br)c2)C1=O. The van der Waals surface area contributed by atoms with Crippen LogP contribution in [0.5, 0.6) is 0 Å². The van der Waals surface area contributed by atoms with E-state index in [9.17, 15) is 14.4 Å². The Kier molecular flexibility index (Phi) is 4.02. The summed E-state index contributed by atoms with van der Waals surface area (Å²) in [7, 11) is 0. The van der Waals surface area contributed by atoms with Crippen LogP contribution >= 0.6 is 15.9 Å². The summed E-state index contributed by atoms with van der Waals surface area (Å²) in [4.78, 5) is 12.6. The highest BCUT2D eigenvalue weighted by Gasteiger charge is 2.49. The van der Waals surface area contributed by atoms with Crippen molar-refractivity contribution in [2.45, 2.75) is 39.5 Å². The summed E-state index contributed by atoms with van der Waals surface area (Å²) < 4.78 is 14.1. The summed E-state index contributed by atoms with van der Waals surface area (Å²) in [5, 5.41) is 9.57. The lowest BCUT2D eigenvalue weighted by Crippen LogP contribution is -2.45. The Morgan fingerprint density at radius 2 is 2.05 bits per heavy atom. The second kappa shape index (κ2) is 5.29. The molecule has 4 heteroatoms. The van der Waals surface area contributed by atoms with Gasteiger partial charge in [-0.25, -0.2) is 4.39 Å². The lowest BCUT2D eigenvalue weighted by molar-refractivity contribution is -0.138. The van der Waals surface area contributed by atoms with Gasteiger partial charge in [-0.2, -0.15) is 5.26 Å². The van der Waals surface area contributed by atoms with Crippen LogP contribution in [0.1, 0.15) is 38.7 Å². The molecule has 1 aliphatic carbocycles. The maximum absolute atomic E-state index is 13.5. The lowest BCUT2D eigenvalue weighted by Gasteiger charge is -2.39. The van der Waals surface area contributed by atoms with E-state index in [1.54, 1.807) is 6.07 Å². The molecule has 1 unspecified atom stereocenters. The van der Waals surface area contributed by atoms with Crippen molar-refractivity contribution in [1.29, 1.82) is 5.26 Å². The Balaban J connectivity index is 2.37. The molecule has 0 radical (unpaired) electrons. The largest absolute Gasteiger partial charge is 0.297 e. The molecule has 1 atom stereocenters. The standard InChI is InChI=1S/C16H17BrFNO/c1-15(2)4-3-5-16(10-19,14(15)20)9-11-6-12(17)8-13(18)7-11/h6-8H,3-5,9H2,1-2H3. The summed E-state index contributed by atoms with van der Waals surface area (Å²) in [5.41, 5.74) is -0.808. The highest BCUT2D eigenvalue weighted by molar-refractivity contribution is 9.10. The van der Waals surface area contributed by atoms with Crippen molar-refractivity contribution in [3.05, 3.63) is 34.1 Å². The summed E-state index contributed by atoms with van der Waals surface area (Å²) in [6.45, 7) is 3.78. The molecule has 0 aliphatic heterocycles. The Morgan fingerprint density at radius 3 is 2.65 bits per heavy atom. The Morgan fingerprint density at radius 1 is 1.35 bits per heavy atom. The van der Waals surface area contributed by atoms with E-state index in [2.05, 4.69) is 22.0 Å². The molecule has 1 aromatic carbocycles. The Bertz CT molecular complexity index is 570. The highest BCUT2D eigenvalue weighted by Crippen LogP contribution is 2.44. The second-order valence-electron chi connectivity index (χ2n) is 6.21. The number of hydrogen-bond acceptors (Lipinski definition) is 2. The van der Waals surface area contributed by atoms with Crippen LogP contribution in [0, 0.1) is 28.0 Å². The zero-order chi connectivity index (χ0) is 15.0. The van der Waals surface area contributed by atoms with Crippen LogP contribution in [0.3, 0.4) is 0 Å². The number of halogens is 2. The number of nitrogens with zero attached hydrogens (tertiary/aromatic N) is 1. The van der Waals surface area contributed by atoms with Gasteiger partial charge in [-0.15, -0.1) is 0 Å². The molecular weight excluding hydrogens is 321 g/mol. The predicted molar refractivity (Wildman–Crippen MR) is 78.5 cm³/mol. The zero-order valence-corrected chi connectivity index (χ0v) is 13.3. The van der Waals surface area contributed by atoms with Crippen LogP contribution in [-0.2, 0) is 11.2 Å². The molecule has 0 aromatic heterocycles. The monoisotopic (exact) mass is 337 g/mol. The van der Waals surface area contributed by atoms with E-state index in [0.717, 1.165) is 12.8 Å². The van der Waals surface area contributed by atoms with Crippen LogP contribution in [-0.4, -0.2) is 5.78 Å². The molecule has 0 heterocycles. The number of rotatable bonds is 2. The van der Waals surface area contributed by atoms with Crippen molar-refractivity contribution in [1.82, 2.24) is 0 Å². The molecule has 20 heavy (non-hydrogen) atoms. The third-order valence-electron chi connectivity index (χ3n) is 4.10. The van der Waals surface area contributed by atoms with E-state index in [1.807, 2.05) is 13.8 Å². The minimum absolute atomic E-state index is 0.0147. The number of benzene rings is 1. The van der Waals surface area contributed by atoms with Crippen LogP contribution < -0.4 is 0 Å². The first kappa shape index (κ1) is 15.2. The van der Waals surface area contributed by atoms with Gasteiger partial charge in [0.15, 0.2) is 5.78 Å². The number of Topliss-reactive ketones (excluding diaryl/α,β-unsaturated/α-hetero) is 1. The van der Waals surface area contributed by atoms with Crippen molar-refractivity contribution < 1.29 is 9.18 Å². The van der Waals surface area contributed by atoms with Crippen molar-refractivity contribution in [3.8, 4) is 6.07 Å². The Labute approximate surface area is 127 Å². The minimum Gasteiger partial charge on any atom is -0.297 e. The van der Waals surface area contributed by atoms with E-state index in [1.165, 1.54) is 12.1 Å². The van der Waals surface area contributed by atoms with Gasteiger partial charge in [0.05, 0.1) is 6.07 Å². The first-order valence-corrected chi connectivity index (χ1v) is 7.49. The zero-order valence-electron chi connectivity index (χ0n) is 11.7. The quantitative estimate of drug-likeness (QED) is 0.801. The number of hydrogen-bond donors (Lipinski definition) is 0. The fourth-order valence-electron chi connectivity index (χ4n) is 3.08. The van der Waals surface area contributed by atoms with Gasteiger partial charge < -0.3 is 0 Å². The summed E-state index contributed by atoms with van der Waals surface area (Å²) >= 11 is 3.25. The van der Waals surface area contributed by atoms with E-state index >= 15 is 0 Å². The average molecular weight is 338 g/mol. The molecule has 2 nitrogen and oxygen atoms in total. The van der Waals surface area contributed by atoms with Crippen molar-refractivity contribution >= 4 is 21.7 Å². The van der Waals surface area contributed by atoms with Gasteiger partial charge >= 0.3 is 0 Å². The third-order valence-corrected chi connectivity index (χ3v) is 4.55. The summed E-state index contributed by atoms with van der Waals surface area (Å²) in [6, 6.07) is 6.77. The van der Waals surface area contributed by atoms with E-state index in [4.69, 9.17) is 0 Å². The number of carbonyl (C=O) groups is 1. The molecular formula is C16H17BrFNO. The second-order valence-corrected chi connectivity index (χ2v) is 7.13. The molecule has 0 bridgehead atoms. The average Bonchev–Trinajstić information content (AvgIpc) is 2.34. The maximum Gasteiger partial charge on any atom is 0.158 e. The maximum atomic E-state index is 13.5. The number of carbonyl (C=O) groups excluding carboxylic acids is 1. The van der Waals surface area contributed by atoms with Gasteiger partial charge in [-0.1, -0.05) is 36.2 Å². The Hall–Kier alpha value is -1.21. The van der Waals surface area contributed by atoms with Crippen molar-refractivity contribution in [2.24, 2.45) is 10.8 Å². The number of nitriles is 1. The molecule has 1 aliphatic rings. The first-order valence-electron chi connectivity index (χ1n) is 6.70. The van der Waals surface area contributed by atoms with Gasteiger partial charge in [0.25, 0.3) is 0 Å². The van der Waals surface area contributed by atoms with Crippen LogP contribution in [0.25, 0.3) is 0 Å². The normalized spacial score (nSPS) is 25.2.